The summed E-state index contributed by atoms with van der Waals surface area (Å²) in [5.74, 6) is -0.576. The van der Waals surface area contributed by atoms with Crippen molar-refractivity contribution in [3.05, 3.63) is 11.4 Å². The molecule has 1 rings (SSSR count). The summed E-state index contributed by atoms with van der Waals surface area (Å²) in [7, 11) is -0.725. The zero-order valence-electron chi connectivity index (χ0n) is 11.8. The topological polar surface area (TPSA) is 81.5 Å². The van der Waals surface area contributed by atoms with Crippen molar-refractivity contribution >= 4 is 16.0 Å². The molecule has 0 saturated heterocycles. The van der Waals surface area contributed by atoms with Crippen molar-refractivity contribution in [2.75, 3.05) is 20.2 Å². The van der Waals surface area contributed by atoms with Crippen molar-refractivity contribution in [3.63, 3.8) is 0 Å². The van der Waals surface area contributed by atoms with Gasteiger partial charge >= 0.3 is 5.97 Å². The maximum atomic E-state index is 12.4. The zero-order chi connectivity index (χ0) is 14.8. The SMILES string of the molecule is CCOC(=O)CN(C)S(=O)(=O)c1c(C)nn(C)c1C. The number of aromatic nitrogens is 2. The molecule has 0 unspecified atom stereocenters. The molecular formula is C11H19N3O4S. The average molecular weight is 289 g/mol. The van der Waals surface area contributed by atoms with Crippen LogP contribution < -0.4 is 0 Å². The Bertz CT molecular complexity index is 577. The van der Waals surface area contributed by atoms with Crippen LogP contribution in [0.15, 0.2) is 4.90 Å². The molecule has 1 aromatic rings. The second-order valence-electron chi connectivity index (χ2n) is 4.19. The largest absolute Gasteiger partial charge is 0.465 e. The molecule has 7 nitrogen and oxygen atoms in total. The van der Waals surface area contributed by atoms with E-state index in [1.807, 2.05) is 0 Å². The Balaban J connectivity index is 3.07. The number of sulfonamides is 1. The molecule has 108 valence electrons. The summed E-state index contributed by atoms with van der Waals surface area (Å²) >= 11 is 0. The number of esters is 1. The van der Waals surface area contributed by atoms with Crippen LogP contribution in [0.1, 0.15) is 18.3 Å². The summed E-state index contributed by atoms with van der Waals surface area (Å²) in [6.45, 7) is 4.87. The molecule has 1 heterocycles. The lowest BCUT2D eigenvalue weighted by Gasteiger charge is -2.16. The van der Waals surface area contributed by atoms with E-state index in [1.54, 1.807) is 27.8 Å². The van der Waals surface area contributed by atoms with E-state index in [9.17, 15) is 13.2 Å². The first-order chi connectivity index (χ1) is 8.71. The lowest BCUT2D eigenvalue weighted by atomic mass is 10.4. The van der Waals surface area contributed by atoms with Crippen LogP contribution in [0.5, 0.6) is 0 Å². The molecule has 0 bridgehead atoms. The second kappa shape index (κ2) is 5.70. The molecule has 8 heteroatoms. The van der Waals surface area contributed by atoms with Crippen LogP contribution in [0.25, 0.3) is 0 Å². The van der Waals surface area contributed by atoms with E-state index in [0.717, 1.165) is 4.31 Å². The molecule has 0 fully saturated rings. The van der Waals surface area contributed by atoms with Crippen molar-refractivity contribution in [3.8, 4) is 0 Å². The summed E-state index contributed by atoms with van der Waals surface area (Å²) in [6, 6.07) is 0. The van der Waals surface area contributed by atoms with Crippen LogP contribution in [0.3, 0.4) is 0 Å². The third-order valence-electron chi connectivity index (χ3n) is 2.77. The number of hydrogen-bond donors (Lipinski definition) is 0. The normalized spacial score (nSPS) is 11.9. The molecule has 0 aromatic carbocycles. The first kappa shape index (κ1) is 15.6. The highest BCUT2D eigenvalue weighted by molar-refractivity contribution is 7.89. The molecule has 0 aliphatic carbocycles. The highest BCUT2D eigenvalue weighted by Crippen LogP contribution is 2.21. The highest BCUT2D eigenvalue weighted by Gasteiger charge is 2.29. The molecule has 1 aromatic heterocycles. The predicted molar refractivity (Wildman–Crippen MR) is 69.1 cm³/mol. The van der Waals surface area contributed by atoms with Gasteiger partial charge in [0.15, 0.2) is 0 Å². The molecular weight excluding hydrogens is 270 g/mol. The van der Waals surface area contributed by atoms with Gasteiger partial charge in [-0.2, -0.15) is 9.40 Å². The van der Waals surface area contributed by atoms with E-state index < -0.39 is 16.0 Å². The van der Waals surface area contributed by atoms with Gasteiger partial charge < -0.3 is 4.74 Å². The quantitative estimate of drug-likeness (QED) is 0.724. The number of ether oxygens (including phenoxy) is 1. The van der Waals surface area contributed by atoms with Gasteiger partial charge in [-0.25, -0.2) is 8.42 Å². The Labute approximate surface area is 113 Å². The lowest BCUT2D eigenvalue weighted by Crippen LogP contribution is -2.33. The highest BCUT2D eigenvalue weighted by atomic mass is 32.2. The number of likely N-dealkylation sites (N-methyl/N-ethyl adjacent to an activating group) is 1. The number of carbonyl (C=O) groups is 1. The maximum Gasteiger partial charge on any atom is 0.321 e. The van der Waals surface area contributed by atoms with Crippen LogP contribution in [-0.4, -0.2) is 48.7 Å². The summed E-state index contributed by atoms with van der Waals surface area (Å²) in [6.07, 6.45) is 0. The number of aryl methyl sites for hydroxylation is 2. The summed E-state index contributed by atoms with van der Waals surface area (Å²) < 4.78 is 32.0. The van der Waals surface area contributed by atoms with Gasteiger partial charge in [-0.3, -0.25) is 9.48 Å². The summed E-state index contributed by atoms with van der Waals surface area (Å²) in [5, 5.41) is 4.07. The fourth-order valence-corrected chi connectivity index (χ4v) is 3.26. The number of rotatable bonds is 5. The Morgan fingerprint density at radius 1 is 1.42 bits per heavy atom. The molecule has 19 heavy (non-hydrogen) atoms. The fraction of sp³-hybridized carbons (Fsp3) is 0.636. The number of carbonyl (C=O) groups excluding carboxylic acids is 1. The number of nitrogens with zero attached hydrogens (tertiary/aromatic N) is 3. The van der Waals surface area contributed by atoms with Gasteiger partial charge in [-0.1, -0.05) is 0 Å². The minimum Gasteiger partial charge on any atom is -0.465 e. The van der Waals surface area contributed by atoms with Crippen molar-refractivity contribution in [2.24, 2.45) is 7.05 Å². The van der Waals surface area contributed by atoms with Crippen LogP contribution >= 0.6 is 0 Å². The van der Waals surface area contributed by atoms with Crippen LogP contribution in [0.4, 0.5) is 0 Å². The van der Waals surface area contributed by atoms with E-state index in [0.29, 0.717) is 11.4 Å². The molecule has 0 N–H and O–H groups in total. The second-order valence-corrected chi connectivity index (χ2v) is 6.17. The third kappa shape index (κ3) is 3.13. The minimum absolute atomic E-state index is 0.141. The van der Waals surface area contributed by atoms with Gasteiger partial charge in [-0.15, -0.1) is 0 Å². The molecule has 0 spiro atoms. The van der Waals surface area contributed by atoms with Gasteiger partial charge in [0.25, 0.3) is 0 Å². The predicted octanol–water partition coefficient (Wildman–Crippen LogP) is 0.221. The van der Waals surface area contributed by atoms with Crippen molar-refractivity contribution < 1.29 is 17.9 Å². The smallest absolute Gasteiger partial charge is 0.321 e. The van der Waals surface area contributed by atoms with Crippen molar-refractivity contribution in [2.45, 2.75) is 25.7 Å². The van der Waals surface area contributed by atoms with Crippen LogP contribution in [0, 0.1) is 13.8 Å². The molecule has 0 saturated carbocycles. The van der Waals surface area contributed by atoms with Gasteiger partial charge in [0, 0.05) is 14.1 Å². The van der Waals surface area contributed by atoms with Gasteiger partial charge in [0.1, 0.15) is 11.4 Å². The van der Waals surface area contributed by atoms with Gasteiger partial charge in [0.2, 0.25) is 10.0 Å². The standard InChI is InChI=1S/C11H19N3O4S/c1-6-18-10(15)7-13(4)19(16,17)11-8(2)12-14(5)9(11)3/h6-7H2,1-5H3. The van der Waals surface area contributed by atoms with E-state index in [-0.39, 0.29) is 18.0 Å². The van der Waals surface area contributed by atoms with Crippen LogP contribution in [0.2, 0.25) is 0 Å². The Hall–Kier alpha value is -1.41. The van der Waals surface area contributed by atoms with E-state index >= 15 is 0 Å². The Kier molecular flexibility index (Phi) is 4.70. The minimum atomic E-state index is -3.74. The summed E-state index contributed by atoms with van der Waals surface area (Å²) in [5.41, 5.74) is 0.948. The van der Waals surface area contributed by atoms with E-state index in [2.05, 4.69) is 5.10 Å². The monoisotopic (exact) mass is 289 g/mol. The lowest BCUT2D eigenvalue weighted by molar-refractivity contribution is -0.143. The van der Waals surface area contributed by atoms with Crippen molar-refractivity contribution in [1.82, 2.24) is 14.1 Å². The molecule has 0 radical (unpaired) electrons. The maximum absolute atomic E-state index is 12.4. The van der Waals surface area contributed by atoms with Crippen LogP contribution in [-0.2, 0) is 26.6 Å². The Morgan fingerprint density at radius 2 is 2.00 bits per heavy atom. The van der Waals surface area contributed by atoms with E-state index in [4.69, 9.17) is 4.74 Å². The summed E-state index contributed by atoms with van der Waals surface area (Å²) in [4.78, 5) is 11.5. The molecule has 0 aliphatic rings. The molecule has 0 aliphatic heterocycles. The fourth-order valence-electron chi connectivity index (χ4n) is 1.76. The van der Waals surface area contributed by atoms with Crippen molar-refractivity contribution in [1.29, 1.82) is 0 Å². The average Bonchev–Trinajstić information content (AvgIpc) is 2.53. The van der Waals surface area contributed by atoms with Gasteiger partial charge in [0.05, 0.1) is 18.0 Å². The number of hydrogen-bond acceptors (Lipinski definition) is 5. The molecule has 0 amide bonds. The van der Waals surface area contributed by atoms with E-state index in [1.165, 1.54) is 11.7 Å². The third-order valence-corrected chi connectivity index (χ3v) is 4.82. The zero-order valence-corrected chi connectivity index (χ0v) is 12.6. The van der Waals surface area contributed by atoms with Gasteiger partial charge in [-0.05, 0) is 20.8 Å². The molecule has 0 atom stereocenters. The Morgan fingerprint density at radius 3 is 2.42 bits per heavy atom. The first-order valence-corrected chi connectivity index (χ1v) is 7.28. The first-order valence-electron chi connectivity index (χ1n) is 5.84.